The lowest BCUT2D eigenvalue weighted by atomic mass is 10.0. The van der Waals surface area contributed by atoms with Gasteiger partial charge in [-0.25, -0.2) is 14.4 Å². The van der Waals surface area contributed by atoms with Gasteiger partial charge >= 0.3 is 0 Å². The molecule has 0 aliphatic carbocycles. The second-order valence-electron chi connectivity index (χ2n) is 7.87. The Labute approximate surface area is 182 Å². The van der Waals surface area contributed by atoms with E-state index in [-0.39, 0.29) is 5.82 Å². The number of benzene rings is 2. The Morgan fingerprint density at radius 2 is 1.84 bits per heavy atom. The summed E-state index contributed by atoms with van der Waals surface area (Å²) in [7, 11) is 1.87. The first-order valence-electron chi connectivity index (χ1n) is 10.2. The number of nitrogens with one attached hydrogen (secondary N) is 2. The summed E-state index contributed by atoms with van der Waals surface area (Å²) in [5, 5.41) is 11.7. The first-order chi connectivity index (χ1) is 15.5. The second-order valence-corrected chi connectivity index (χ2v) is 7.87. The highest BCUT2D eigenvalue weighted by Gasteiger charge is 2.17. The summed E-state index contributed by atoms with van der Waals surface area (Å²) in [4.78, 5) is 13.0. The molecular weight excluding hydrogens is 405 g/mol. The molecular formula is C24H18FN7. The molecule has 0 aliphatic rings. The van der Waals surface area contributed by atoms with Crippen LogP contribution in [0.2, 0.25) is 0 Å². The number of hydrogen-bond donors (Lipinski definition) is 2. The van der Waals surface area contributed by atoms with Crippen LogP contribution in [0.4, 0.5) is 4.39 Å². The lowest BCUT2D eigenvalue weighted by Gasteiger charge is -2.04. The van der Waals surface area contributed by atoms with Gasteiger partial charge in [0, 0.05) is 24.4 Å². The lowest BCUT2D eigenvalue weighted by molar-refractivity contribution is 0.627. The minimum absolute atomic E-state index is 0.266. The van der Waals surface area contributed by atoms with Crippen LogP contribution in [0.25, 0.3) is 56.0 Å². The Hall–Kier alpha value is -4.33. The van der Waals surface area contributed by atoms with Crippen molar-refractivity contribution in [3.63, 3.8) is 0 Å². The molecule has 8 heteroatoms. The Morgan fingerprint density at radius 1 is 0.938 bits per heavy atom. The van der Waals surface area contributed by atoms with E-state index in [1.54, 1.807) is 10.9 Å². The maximum atomic E-state index is 14.0. The molecule has 0 bridgehead atoms. The fourth-order valence-corrected chi connectivity index (χ4v) is 4.05. The first kappa shape index (κ1) is 18.4. The molecule has 0 aliphatic heterocycles. The van der Waals surface area contributed by atoms with Gasteiger partial charge in [0.2, 0.25) is 0 Å². The van der Waals surface area contributed by atoms with Crippen LogP contribution in [-0.2, 0) is 7.05 Å². The van der Waals surface area contributed by atoms with Gasteiger partial charge in [-0.3, -0.25) is 9.78 Å². The molecule has 0 radical (unpaired) electrons. The van der Waals surface area contributed by atoms with Gasteiger partial charge in [-0.1, -0.05) is 18.2 Å². The van der Waals surface area contributed by atoms with E-state index in [2.05, 4.69) is 20.3 Å². The van der Waals surface area contributed by atoms with Crippen molar-refractivity contribution >= 4 is 22.1 Å². The predicted octanol–water partition coefficient (Wildman–Crippen LogP) is 5.02. The molecule has 0 amide bonds. The summed E-state index contributed by atoms with van der Waals surface area (Å²) in [6.07, 6.45) is 3.70. The summed E-state index contributed by atoms with van der Waals surface area (Å²) in [6, 6.07) is 14.7. The van der Waals surface area contributed by atoms with Crippen molar-refractivity contribution in [2.45, 2.75) is 6.92 Å². The zero-order valence-electron chi connectivity index (χ0n) is 17.4. The van der Waals surface area contributed by atoms with Gasteiger partial charge in [0.25, 0.3) is 0 Å². The van der Waals surface area contributed by atoms with E-state index in [9.17, 15) is 4.39 Å². The summed E-state index contributed by atoms with van der Waals surface area (Å²) in [5.74, 6) is 0.334. The van der Waals surface area contributed by atoms with Crippen molar-refractivity contribution in [2.75, 3.05) is 0 Å². The molecule has 0 fully saturated rings. The van der Waals surface area contributed by atoms with E-state index < -0.39 is 0 Å². The Balaban J connectivity index is 1.51. The number of H-pyrrole nitrogens is 2. The maximum absolute atomic E-state index is 14.0. The third-order valence-corrected chi connectivity index (χ3v) is 5.50. The van der Waals surface area contributed by atoms with Crippen LogP contribution in [0.3, 0.4) is 0 Å². The average molecular weight is 423 g/mol. The smallest absolute Gasteiger partial charge is 0.161 e. The first-order valence-corrected chi connectivity index (χ1v) is 10.2. The topological polar surface area (TPSA) is 88.1 Å². The molecule has 0 saturated carbocycles. The summed E-state index contributed by atoms with van der Waals surface area (Å²) < 4.78 is 15.8. The normalized spacial score (nSPS) is 11.6. The number of rotatable bonds is 3. The quantitative estimate of drug-likeness (QED) is 0.419. The van der Waals surface area contributed by atoms with Crippen LogP contribution >= 0.6 is 0 Å². The molecule has 4 heterocycles. The molecule has 7 nitrogen and oxygen atoms in total. The standard InChI is InChI=1S/C24H18FN7/c1-13-8-14(10-16(25)9-13)17-4-3-5-19-21(17)29-24(28-19)23-22-20(30-31-23)7-6-18(27-22)15-11-26-32(2)12-15/h3-12H,1-2H3,(H,28,29)(H,30,31). The molecule has 2 N–H and O–H groups in total. The zero-order valence-corrected chi connectivity index (χ0v) is 17.4. The van der Waals surface area contributed by atoms with Crippen LogP contribution < -0.4 is 0 Å². The fraction of sp³-hybridized carbons (Fsp3) is 0.0833. The van der Waals surface area contributed by atoms with Crippen LogP contribution in [0.1, 0.15) is 5.56 Å². The number of hydrogen-bond acceptors (Lipinski definition) is 4. The third kappa shape index (κ3) is 2.96. The van der Waals surface area contributed by atoms with Gasteiger partial charge in [-0.15, -0.1) is 0 Å². The van der Waals surface area contributed by atoms with E-state index in [1.165, 1.54) is 12.1 Å². The van der Waals surface area contributed by atoms with E-state index in [0.29, 0.717) is 17.0 Å². The van der Waals surface area contributed by atoms with Crippen LogP contribution in [0.5, 0.6) is 0 Å². The molecule has 2 aromatic carbocycles. The molecule has 0 unspecified atom stereocenters. The van der Waals surface area contributed by atoms with Crippen LogP contribution in [-0.4, -0.2) is 34.9 Å². The number of halogens is 1. The van der Waals surface area contributed by atoms with Crippen molar-refractivity contribution in [2.24, 2.45) is 7.05 Å². The number of para-hydroxylation sites is 1. The molecule has 6 rings (SSSR count). The Kier molecular flexibility index (Phi) is 3.94. The van der Waals surface area contributed by atoms with Crippen molar-refractivity contribution in [3.05, 3.63) is 72.3 Å². The molecule has 6 aromatic rings. The highest BCUT2D eigenvalue weighted by Crippen LogP contribution is 2.32. The van der Waals surface area contributed by atoms with E-state index in [4.69, 9.17) is 9.97 Å². The van der Waals surface area contributed by atoms with E-state index in [1.807, 2.05) is 56.6 Å². The molecule has 0 spiro atoms. The van der Waals surface area contributed by atoms with Gasteiger partial charge in [0.1, 0.15) is 11.3 Å². The maximum Gasteiger partial charge on any atom is 0.161 e. The summed E-state index contributed by atoms with van der Waals surface area (Å²) in [6.45, 7) is 1.88. The number of pyridine rings is 1. The van der Waals surface area contributed by atoms with E-state index >= 15 is 0 Å². The van der Waals surface area contributed by atoms with Crippen LogP contribution in [0.15, 0.2) is 60.9 Å². The van der Waals surface area contributed by atoms with Gasteiger partial charge in [0.05, 0.1) is 28.4 Å². The number of aromatic amines is 2. The van der Waals surface area contributed by atoms with Gasteiger partial charge in [-0.2, -0.15) is 10.2 Å². The largest absolute Gasteiger partial charge is 0.336 e. The molecule has 156 valence electrons. The highest BCUT2D eigenvalue weighted by atomic mass is 19.1. The number of aryl methyl sites for hydroxylation is 2. The van der Waals surface area contributed by atoms with Gasteiger partial charge in [0.15, 0.2) is 11.5 Å². The number of nitrogens with zero attached hydrogens (tertiary/aromatic N) is 5. The monoisotopic (exact) mass is 423 g/mol. The second kappa shape index (κ2) is 6.84. The predicted molar refractivity (Wildman–Crippen MR) is 121 cm³/mol. The van der Waals surface area contributed by atoms with Gasteiger partial charge < -0.3 is 4.98 Å². The van der Waals surface area contributed by atoms with Crippen molar-refractivity contribution in [1.29, 1.82) is 0 Å². The molecule has 4 aromatic heterocycles. The molecule has 32 heavy (non-hydrogen) atoms. The minimum Gasteiger partial charge on any atom is -0.336 e. The summed E-state index contributed by atoms with van der Waals surface area (Å²) >= 11 is 0. The van der Waals surface area contributed by atoms with Gasteiger partial charge in [-0.05, 0) is 48.4 Å². The Bertz CT molecular complexity index is 1600. The molecule has 0 saturated heterocycles. The van der Waals surface area contributed by atoms with E-state index in [0.717, 1.165) is 44.5 Å². The third-order valence-electron chi connectivity index (χ3n) is 5.50. The zero-order chi connectivity index (χ0) is 21.8. The number of fused-ring (bicyclic) bond motifs is 2. The van der Waals surface area contributed by atoms with Crippen molar-refractivity contribution in [3.8, 4) is 33.9 Å². The number of imidazole rings is 1. The van der Waals surface area contributed by atoms with Crippen LogP contribution in [0, 0.1) is 12.7 Å². The molecule has 0 atom stereocenters. The highest BCUT2D eigenvalue weighted by molar-refractivity contribution is 5.96. The van der Waals surface area contributed by atoms with Crippen molar-refractivity contribution < 1.29 is 4.39 Å². The fourth-order valence-electron chi connectivity index (χ4n) is 4.05. The van der Waals surface area contributed by atoms with Crippen molar-refractivity contribution in [1.82, 2.24) is 34.9 Å². The SMILES string of the molecule is Cc1cc(F)cc(-c2cccc3[nH]c(-c4n[nH]c5ccc(-c6cnn(C)c6)nc45)nc23)c1. The minimum atomic E-state index is -0.266. The number of aromatic nitrogens is 7. The Morgan fingerprint density at radius 3 is 2.66 bits per heavy atom. The lowest BCUT2D eigenvalue weighted by Crippen LogP contribution is -1.87. The summed E-state index contributed by atoms with van der Waals surface area (Å²) in [5.41, 5.74) is 8.00. The average Bonchev–Trinajstić information content (AvgIpc) is 3.49.